The number of carbonyl (C=O) groups is 1. The maximum Gasteiger partial charge on any atom is 0.472 e. The van der Waals surface area contributed by atoms with Crippen LogP contribution in [0.5, 0.6) is 0 Å². The average Bonchev–Trinajstić information content (AvgIpc) is 3.50. The van der Waals surface area contributed by atoms with Crippen LogP contribution in [0.15, 0.2) is 24.3 Å². The van der Waals surface area contributed by atoms with Crippen LogP contribution in [0, 0.1) is 0 Å². The maximum absolute atomic E-state index is 13.1. The quantitative estimate of drug-likeness (QED) is 0.0243. The molecule has 0 fully saturated rings. The molecular formula is C74H148N2O6P+. The van der Waals surface area contributed by atoms with Crippen molar-refractivity contribution in [2.24, 2.45) is 0 Å². The van der Waals surface area contributed by atoms with Crippen LogP contribution in [0.3, 0.4) is 0 Å². The summed E-state index contributed by atoms with van der Waals surface area (Å²) in [6, 6.07) is -0.760. The van der Waals surface area contributed by atoms with Gasteiger partial charge in [0.25, 0.3) is 0 Å². The van der Waals surface area contributed by atoms with Gasteiger partial charge in [-0.1, -0.05) is 366 Å². The molecule has 0 aliphatic carbocycles. The number of likely N-dealkylation sites (N-methyl/N-ethyl adjacent to an activating group) is 1. The zero-order chi connectivity index (χ0) is 60.5. The Balaban J connectivity index is 3.94. The molecule has 494 valence electrons. The van der Waals surface area contributed by atoms with Crippen molar-refractivity contribution in [2.75, 3.05) is 40.9 Å². The number of aliphatic hydroxyl groups is 1. The van der Waals surface area contributed by atoms with Gasteiger partial charge >= 0.3 is 7.82 Å². The molecule has 0 saturated heterocycles. The molecule has 0 saturated carbocycles. The first-order chi connectivity index (χ1) is 40.5. The second-order valence-corrected chi connectivity index (χ2v) is 28.5. The van der Waals surface area contributed by atoms with Gasteiger partial charge in [-0.2, -0.15) is 0 Å². The summed E-state index contributed by atoms with van der Waals surface area (Å²) in [4.78, 5) is 23.5. The predicted molar refractivity (Wildman–Crippen MR) is 365 cm³/mol. The third-order valence-corrected chi connectivity index (χ3v) is 18.4. The SMILES string of the molecule is CCCCCCCCCCCCCCC/C=C\C/C=C\CCCCCCCCCCCCCCCCCCCC(=O)NC(COP(=O)(O)OCC[N+](C)(C)C)C(O)CCCCCCCCCCCCCCCCCCCCCCCCCC. The van der Waals surface area contributed by atoms with Gasteiger partial charge in [-0.3, -0.25) is 13.8 Å². The van der Waals surface area contributed by atoms with Crippen LogP contribution in [0.1, 0.15) is 393 Å². The van der Waals surface area contributed by atoms with Crippen molar-refractivity contribution < 1.29 is 32.9 Å². The van der Waals surface area contributed by atoms with E-state index in [-0.39, 0.29) is 19.1 Å². The van der Waals surface area contributed by atoms with E-state index in [1.54, 1.807) is 0 Å². The standard InChI is InChI=1S/C74H147N2O6P/c1-6-8-10-12-14-16-18-20-22-24-26-28-30-32-33-34-35-36-37-38-39-40-41-42-43-44-46-48-50-52-54-56-58-60-62-64-66-68-74(78)75-72(71-82-83(79,80)81-70-69-76(3,4)5)73(77)67-65-63-61-59-57-55-53-51-49-47-45-31-29-27-25-23-21-19-17-15-13-11-9-7-2/h33-34,36-37,72-73,77H,6-32,35,38-71H2,1-5H3,(H-,75,78,79,80)/p+1/b34-33-,37-36-. The minimum absolute atomic E-state index is 0.0773. The Kier molecular flexibility index (Phi) is 64.6. The number of quaternary nitrogens is 1. The Morgan fingerprint density at radius 3 is 0.988 bits per heavy atom. The molecule has 0 aromatic rings. The number of phosphoric ester groups is 1. The van der Waals surface area contributed by atoms with Gasteiger partial charge in [0.1, 0.15) is 13.2 Å². The van der Waals surface area contributed by atoms with E-state index in [1.165, 1.54) is 321 Å². The van der Waals surface area contributed by atoms with Gasteiger partial charge in [0.15, 0.2) is 0 Å². The molecule has 8 nitrogen and oxygen atoms in total. The third kappa shape index (κ3) is 68.3. The van der Waals surface area contributed by atoms with E-state index in [4.69, 9.17) is 9.05 Å². The van der Waals surface area contributed by atoms with Crippen molar-refractivity contribution in [1.29, 1.82) is 0 Å². The van der Waals surface area contributed by atoms with Crippen LogP contribution < -0.4 is 5.32 Å². The summed E-state index contributed by atoms with van der Waals surface area (Å²) in [6.45, 7) is 4.96. The molecule has 3 unspecified atom stereocenters. The van der Waals surface area contributed by atoms with Crippen molar-refractivity contribution in [3.8, 4) is 0 Å². The van der Waals surface area contributed by atoms with Crippen molar-refractivity contribution in [3.63, 3.8) is 0 Å². The molecule has 0 aliphatic heterocycles. The Labute approximate surface area is 519 Å². The van der Waals surface area contributed by atoms with E-state index in [0.717, 1.165) is 44.9 Å². The van der Waals surface area contributed by atoms with Gasteiger partial charge in [0, 0.05) is 6.42 Å². The second-order valence-electron chi connectivity index (χ2n) is 27.0. The molecule has 0 rings (SSSR count). The first-order valence-electron chi connectivity index (χ1n) is 37.2. The number of aliphatic hydroxyl groups excluding tert-OH is 1. The van der Waals surface area contributed by atoms with E-state index in [1.807, 2.05) is 21.1 Å². The number of amides is 1. The number of nitrogens with one attached hydrogen (secondary N) is 1. The summed E-state index contributed by atoms with van der Waals surface area (Å²) in [6.07, 6.45) is 85.9. The smallest absolute Gasteiger partial charge is 0.391 e. The number of unbranched alkanes of at least 4 members (excludes halogenated alkanes) is 53. The van der Waals surface area contributed by atoms with E-state index in [2.05, 4.69) is 43.5 Å². The zero-order valence-corrected chi connectivity index (χ0v) is 57.6. The van der Waals surface area contributed by atoms with Crippen molar-refractivity contribution in [2.45, 2.75) is 405 Å². The number of hydrogen-bond acceptors (Lipinski definition) is 5. The zero-order valence-electron chi connectivity index (χ0n) is 56.7. The molecule has 83 heavy (non-hydrogen) atoms. The molecule has 0 radical (unpaired) electrons. The monoisotopic (exact) mass is 1190 g/mol. The van der Waals surface area contributed by atoms with Gasteiger partial charge in [-0.25, -0.2) is 4.57 Å². The molecular weight excluding hydrogens is 1040 g/mol. The molecule has 1 amide bonds. The third-order valence-electron chi connectivity index (χ3n) is 17.5. The van der Waals surface area contributed by atoms with Crippen LogP contribution in [-0.2, 0) is 18.4 Å². The number of rotatable bonds is 70. The van der Waals surface area contributed by atoms with Crippen molar-refractivity contribution in [1.82, 2.24) is 5.32 Å². The first kappa shape index (κ1) is 82.0. The lowest BCUT2D eigenvalue weighted by atomic mass is 10.0. The minimum atomic E-state index is -4.33. The number of phosphoric acid groups is 1. The van der Waals surface area contributed by atoms with Gasteiger partial charge in [0.05, 0.1) is 39.9 Å². The van der Waals surface area contributed by atoms with Crippen molar-refractivity contribution in [3.05, 3.63) is 24.3 Å². The Morgan fingerprint density at radius 2 is 0.687 bits per heavy atom. The summed E-state index contributed by atoms with van der Waals surface area (Å²) in [5, 5.41) is 14.2. The van der Waals surface area contributed by atoms with Crippen LogP contribution in [0.2, 0.25) is 0 Å². The molecule has 0 heterocycles. The molecule has 3 N–H and O–H groups in total. The molecule has 0 bridgehead atoms. The summed E-state index contributed by atoms with van der Waals surface area (Å²) >= 11 is 0. The fourth-order valence-corrected chi connectivity index (χ4v) is 12.4. The Bertz CT molecular complexity index is 1400. The fourth-order valence-electron chi connectivity index (χ4n) is 11.7. The summed E-state index contributed by atoms with van der Waals surface area (Å²) in [5.74, 6) is -0.136. The number of hydrogen-bond donors (Lipinski definition) is 3. The predicted octanol–water partition coefficient (Wildman–Crippen LogP) is 23.8. The van der Waals surface area contributed by atoms with E-state index in [0.29, 0.717) is 23.9 Å². The van der Waals surface area contributed by atoms with E-state index >= 15 is 0 Å². The largest absolute Gasteiger partial charge is 0.472 e. The first-order valence-corrected chi connectivity index (χ1v) is 38.7. The number of carbonyl (C=O) groups excluding carboxylic acids is 1. The maximum atomic E-state index is 13.1. The van der Waals surface area contributed by atoms with Crippen LogP contribution in [0.25, 0.3) is 0 Å². The normalized spacial score (nSPS) is 13.7. The van der Waals surface area contributed by atoms with Crippen LogP contribution >= 0.6 is 7.82 Å². The van der Waals surface area contributed by atoms with Gasteiger partial charge in [0.2, 0.25) is 5.91 Å². The molecule has 9 heteroatoms. The number of nitrogens with zero attached hydrogens (tertiary/aromatic N) is 1. The lowest BCUT2D eigenvalue weighted by Gasteiger charge is -2.26. The second kappa shape index (κ2) is 65.4. The highest BCUT2D eigenvalue weighted by atomic mass is 31.2. The van der Waals surface area contributed by atoms with Crippen LogP contribution in [-0.4, -0.2) is 73.4 Å². The summed E-state index contributed by atoms with van der Waals surface area (Å²) < 4.78 is 23.9. The van der Waals surface area contributed by atoms with Gasteiger partial charge in [-0.05, 0) is 44.9 Å². The summed E-state index contributed by atoms with van der Waals surface area (Å²) in [7, 11) is 1.64. The van der Waals surface area contributed by atoms with Gasteiger partial charge < -0.3 is 19.8 Å². The molecule has 0 aromatic heterocycles. The number of allylic oxidation sites excluding steroid dienone is 4. The highest BCUT2D eigenvalue weighted by Crippen LogP contribution is 2.43. The Morgan fingerprint density at radius 1 is 0.410 bits per heavy atom. The average molecular weight is 1190 g/mol. The van der Waals surface area contributed by atoms with Gasteiger partial charge in [-0.15, -0.1) is 0 Å². The highest BCUT2D eigenvalue weighted by molar-refractivity contribution is 7.47. The lowest BCUT2D eigenvalue weighted by Crippen LogP contribution is -2.46. The summed E-state index contributed by atoms with van der Waals surface area (Å²) in [5.41, 5.74) is 0. The topological polar surface area (TPSA) is 105 Å². The lowest BCUT2D eigenvalue weighted by molar-refractivity contribution is -0.870. The molecule has 0 aromatic carbocycles. The van der Waals surface area contributed by atoms with E-state index in [9.17, 15) is 19.4 Å². The fraction of sp³-hybridized carbons (Fsp3) is 0.932. The van der Waals surface area contributed by atoms with Crippen LogP contribution in [0.4, 0.5) is 0 Å². The Hall–Kier alpha value is -1.02. The highest BCUT2D eigenvalue weighted by Gasteiger charge is 2.28. The molecule has 0 spiro atoms. The van der Waals surface area contributed by atoms with E-state index < -0.39 is 20.0 Å². The molecule has 3 atom stereocenters. The minimum Gasteiger partial charge on any atom is -0.391 e. The van der Waals surface area contributed by atoms with Crippen molar-refractivity contribution >= 4 is 13.7 Å². The molecule has 0 aliphatic rings.